The minimum Gasteiger partial charge on any atom is -0.346 e. The Kier molecular flexibility index (Phi) is 3.59. The Bertz CT molecular complexity index is 734. The molecule has 0 aliphatic rings. The van der Waals surface area contributed by atoms with E-state index in [1.165, 1.54) is 0 Å². The van der Waals surface area contributed by atoms with Crippen LogP contribution in [0.3, 0.4) is 0 Å². The number of aromatic amines is 1. The van der Waals surface area contributed by atoms with Crippen LogP contribution >= 0.6 is 0 Å². The van der Waals surface area contributed by atoms with E-state index < -0.39 is 0 Å². The van der Waals surface area contributed by atoms with E-state index in [-0.39, 0.29) is 11.9 Å². The van der Waals surface area contributed by atoms with Crippen molar-refractivity contribution in [3.63, 3.8) is 0 Å². The molecule has 1 atom stereocenters. The monoisotopic (exact) mass is 285 g/mol. The van der Waals surface area contributed by atoms with Gasteiger partial charge in [-0.3, -0.25) is 4.79 Å². The number of hydrogen-bond donors (Lipinski definition) is 2. The Morgan fingerprint density at radius 3 is 3.10 bits per heavy atom. The van der Waals surface area contributed by atoms with Crippen molar-refractivity contribution in [2.45, 2.75) is 25.9 Å². The SMILES string of the molecule is CC(NC(=O)CCn1cnc2ccccc21)c1nn[nH]n1. The predicted octanol–water partition coefficient (Wildman–Crippen LogP) is 0.817. The highest BCUT2D eigenvalue weighted by molar-refractivity contribution is 5.77. The van der Waals surface area contributed by atoms with Crippen LogP contribution in [0.5, 0.6) is 0 Å². The molecular formula is C13H15N7O. The molecule has 0 saturated carbocycles. The van der Waals surface area contributed by atoms with Crippen LogP contribution in [0.4, 0.5) is 0 Å². The van der Waals surface area contributed by atoms with Crippen LogP contribution in [0.25, 0.3) is 11.0 Å². The molecule has 2 aromatic heterocycles. The second-order valence-electron chi connectivity index (χ2n) is 4.74. The molecule has 8 heteroatoms. The fourth-order valence-electron chi connectivity index (χ4n) is 2.14. The summed E-state index contributed by atoms with van der Waals surface area (Å²) in [6, 6.07) is 7.57. The van der Waals surface area contributed by atoms with Crippen molar-refractivity contribution in [3.8, 4) is 0 Å². The molecular weight excluding hydrogens is 270 g/mol. The van der Waals surface area contributed by atoms with Gasteiger partial charge in [0.2, 0.25) is 5.91 Å². The molecule has 21 heavy (non-hydrogen) atoms. The lowest BCUT2D eigenvalue weighted by molar-refractivity contribution is -0.122. The predicted molar refractivity (Wildman–Crippen MR) is 75.1 cm³/mol. The van der Waals surface area contributed by atoms with Gasteiger partial charge in [-0.25, -0.2) is 4.98 Å². The van der Waals surface area contributed by atoms with E-state index in [1.807, 2.05) is 35.8 Å². The fourth-order valence-corrected chi connectivity index (χ4v) is 2.14. The highest BCUT2D eigenvalue weighted by atomic mass is 16.1. The minimum atomic E-state index is -0.268. The number of para-hydroxylation sites is 2. The van der Waals surface area contributed by atoms with E-state index in [1.54, 1.807) is 6.33 Å². The van der Waals surface area contributed by atoms with Crippen LogP contribution in [0.2, 0.25) is 0 Å². The molecule has 0 fully saturated rings. The molecule has 0 radical (unpaired) electrons. The summed E-state index contributed by atoms with van der Waals surface area (Å²) in [4.78, 5) is 16.2. The van der Waals surface area contributed by atoms with Crippen LogP contribution in [0.15, 0.2) is 30.6 Å². The maximum absolute atomic E-state index is 11.9. The first kappa shape index (κ1) is 13.2. The zero-order chi connectivity index (χ0) is 14.7. The van der Waals surface area contributed by atoms with Crippen LogP contribution in [-0.2, 0) is 11.3 Å². The quantitative estimate of drug-likeness (QED) is 0.722. The van der Waals surface area contributed by atoms with Gasteiger partial charge in [0.15, 0.2) is 5.82 Å². The molecule has 8 nitrogen and oxygen atoms in total. The Morgan fingerprint density at radius 2 is 2.29 bits per heavy atom. The lowest BCUT2D eigenvalue weighted by Crippen LogP contribution is -2.28. The van der Waals surface area contributed by atoms with Crippen molar-refractivity contribution in [1.29, 1.82) is 0 Å². The largest absolute Gasteiger partial charge is 0.346 e. The zero-order valence-electron chi connectivity index (χ0n) is 11.5. The second kappa shape index (κ2) is 5.70. The smallest absolute Gasteiger partial charge is 0.222 e. The van der Waals surface area contributed by atoms with Crippen molar-refractivity contribution in [1.82, 2.24) is 35.5 Å². The number of amides is 1. The lowest BCUT2D eigenvalue weighted by atomic mass is 10.3. The van der Waals surface area contributed by atoms with Gasteiger partial charge in [0.1, 0.15) is 0 Å². The van der Waals surface area contributed by atoms with Gasteiger partial charge >= 0.3 is 0 Å². The number of carbonyl (C=O) groups excluding carboxylic acids is 1. The molecule has 108 valence electrons. The number of carbonyl (C=O) groups is 1. The number of benzene rings is 1. The standard InChI is InChI=1S/C13H15N7O/c1-9(13-16-18-19-17-13)15-12(21)6-7-20-8-14-10-4-2-3-5-11(10)20/h2-5,8-9H,6-7H2,1H3,(H,15,21)(H,16,17,18,19). The summed E-state index contributed by atoms with van der Waals surface area (Å²) < 4.78 is 1.97. The van der Waals surface area contributed by atoms with Crippen molar-refractivity contribution in [2.24, 2.45) is 0 Å². The number of aryl methyl sites for hydroxylation is 1. The topological polar surface area (TPSA) is 101 Å². The van der Waals surface area contributed by atoms with Crippen molar-refractivity contribution >= 4 is 16.9 Å². The van der Waals surface area contributed by atoms with Gasteiger partial charge in [-0.2, -0.15) is 5.21 Å². The van der Waals surface area contributed by atoms with E-state index in [4.69, 9.17) is 0 Å². The fraction of sp³-hybridized carbons (Fsp3) is 0.308. The molecule has 0 spiro atoms. The Labute approximate surface area is 120 Å². The van der Waals surface area contributed by atoms with Gasteiger partial charge in [0.05, 0.1) is 23.4 Å². The van der Waals surface area contributed by atoms with Crippen LogP contribution in [0, 0.1) is 0 Å². The van der Waals surface area contributed by atoms with Gasteiger partial charge in [0.25, 0.3) is 0 Å². The summed E-state index contributed by atoms with van der Waals surface area (Å²) >= 11 is 0. The van der Waals surface area contributed by atoms with Gasteiger partial charge < -0.3 is 9.88 Å². The van der Waals surface area contributed by atoms with Crippen molar-refractivity contribution in [2.75, 3.05) is 0 Å². The van der Waals surface area contributed by atoms with Gasteiger partial charge in [-0.1, -0.05) is 17.3 Å². The maximum atomic E-state index is 11.9. The number of nitrogens with zero attached hydrogens (tertiary/aromatic N) is 5. The minimum absolute atomic E-state index is 0.0647. The molecule has 2 heterocycles. The molecule has 2 N–H and O–H groups in total. The number of H-pyrrole nitrogens is 1. The van der Waals surface area contributed by atoms with Crippen LogP contribution in [-0.4, -0.2) is 36.1 Å². The molecule has 3 aromatic rings. The van der Waals surface area contributed by atoms with Gasteiger partial charge in [-0.15, -0.1) is 10.2 Å². The molecule has 0 saturated heterocycles. The average molecular weight is 285 g/mol. The molecule has 0 bridgehead atoms. The zero-order valence-corrected chi connectivity index (χ0v) is 11.5. The number of hydrogen-bond acceptors (Lipinski definition) is 5. The van der Waals surface area contributed by atoms with E-state index >= 15 is 0 Å². The number of imidazole rings is 1. The third-order valence-electron chi connectivity index (χ3n) is 3.23. The molecule has 0 aliphatic carbocycles. The average Bonchev–Trinajstić information content (AvgIpc) is 3.15. The first-order chi connectivity index (χ1) is 10.2. The van der Waals surface area contributed by atoms with Crippen molar-refractivity contribution in [3.05, 3.63) is 36.4 Å². The number of tetrazole rings is 1. The number of fused-ring (bicyclic) bond motifs is 1. The number of aromatic nitrogens is 6. The highest BCUT2D eigenvalue weighted by Crippen LogP contribution is 2.12. The molecule has 1 aromatic carbocycles. The summed E-state index contributed by atoms with van der Waals surface area (Å²) in [5.74, 6) is 0.404. The first-order valence-corrected chi connectivity index (χ1v) is 6.66. The second-order valence-corrected chi connectivity index (χ2v) is 4.74. The Balaban J connectivity index is 1.58. The summed E-state index contributed by atoms with van der Waals surface area (Å²) in [6.45, 7) is 2.39. The van der Waals surface area contributed by atoms with E-state index in [9.17, 15) is 4.79 Å². The normalized spacial score (nSPS) is 12.4. The summed E-state index contributed by atoms with van der Waals surface area (Å²) in [5, 5.41) is 16.4. The maximum Gasteiger partial charge on any atom is 0.222 e. The third-order valence-corrected chi connectivity index (χ3v) is 3.23. The number of rotatable bonds is 5. The molecule has 0 aliphatic heterocycles. The van der Waals surface area contributed by atoms with Gasteiger partial charge in [-0.05, 0) is 19.1 Å². The summed E-state index contributed by atoms with van der Waals surface area (Å²) in [7, 11) is 0. The highest BCUT2D eigenvalue weighted by Gasteiger charge is 2.13. The van der Waals surface area contributed by atoms with E-state index in [0.717, 1.165) is 11.0 Å². The first-order valence-electron chi connectivity index (χ1n) is 6.66. The molecule has 3 rings (SSSR count). The molecule has 1 amide bonds. The lowest BCUT2D eigenvalue weighted by Gasteiger charge is -2.10. The van der Waals surface area contributed by atoms with Crippen LogP contribution in [0.1, 0.15) is 25.2 Å². The van der Waals surface area contributed by atoms with E-state index in [0.29, 0.717) is 18.8 Å². The third kappa shape index (κ3) is 2.88. The van der Waals surface area contributed by atoms with E-state index in [2.05, 4.69) is 30.9 Å². The van der Waals surface area contributed by atoms with Crippen LogP contribution < -0.4 is 5.32 Å². The summed E-state index contributed by atoms with van der Waals surface area (Å²) in [6.07, 6.45) is 2.11. The van der Waals surface area contributed by atoms with Gasteiger partial charge in [0, 0.05) is 13.0 Å². The Morgan fingerprint density at radius 1 is 1.43 bits per heavy atom. The van der Waals surface area contributed by atoms with Crippen molar-refractivity contribution < 1.29 is 4.79 Å². The number of nitrogens with one attached hydrogen (secondary N) is 2. The molecule has 1 unspecified atom stereocenters. The Hall–Kier alpha value is -2.77. The summed E-state index contributed by atoms with van der Waals surface area (Å²) in [5.41, 5.74) is 1.95.